The second-order valence-electron chi connectivity index (χ2n) is 7.72. The summed E-state index contributed by atoms with van der Waals surface area (Å²) in [7, 11) is 0. The van der Waals surface area contributed by atoms with Crippen LogP contribution in [0.15, 0.2) is 30.3 Å². The van der Waals surface area contributed by atoms with Gasteiger partial charge in [0.25, 0.3) is 0 Å². The van der Waals surface area contributed by atoms with Crippen molar-refractivity contribution in [2.45, 2.75) is 32.3 Å². The lowest BCUT2D eigenvalue weighted by molar-refractivity contribution is -0.147. The van der Waals surface area contributed by atoms with Crippen LogP contribution in [0.2, 0.25) is 0 Å². The molecule has 0 aliphatic heterocycles. The van der Waals surface area contributed by atoms with E-state index < -0.39 is 5.41 Å². The standard InChI is InChI=1S/C24H38O9/c25-10-4-13-29-18-24(19-30-14-5-11-26,20-31-15-6-12-27)21-32-16-9-23(28)33-17-22-7-2-1-3-8-22/h1-3,7-8,10,26-27H,4-6,9,11-21H2. The van der Waals surface area contributed by atoms with Crippen LogP contribution in [-0.4, -0.2) is 88.5 Å². The molecule has 2 N–H and O–H groups in total. The number of hydrogen-bond acceptors (Lipinski definition) is 9. The smallest absolute Gasteiger partial charge is 0.308 e. The molecule has 0 bridgehead atoms. The molecule has 9 heteroatoms. The maximum Gasteiger partial charge on any atom is 0.308 e. The monoisotopic (exact) mass is 470 g/mol. The molecule has 0 saturated carbocycles. The lowest BCUT2D eigenvalue weighted by atomic mass is 9.92. The van der Waals surface area contributed by atoms with E-state index in [2.05, 4.69) is 0 Å². The van der Waals surface area contributed by atoms with Gasteiger partial charge in [0, 0.05) is 32.8 Å². The Hall–Kier alpha value is -1.88. The summed E-state index contributed by atoms with van der Waals surface area (Å²) in [5.74, 6) is -0.356. The van der Waals surface area contributed by atoms with Gasteiger partial charge in [0.15, 0.2) is 0 Å². The van der Waals surface area contributed by atoms with Crippen LogP contribution in [0.25, 0.3) is 0 Å². The summed E-state index contributed by atoms with van der Waals surface area (Å²) in [5, 5.41) is 18.0. The molecule has 9 nitrogen and oxygen atoms in total. The van der Waals surface area contributed by atoms with E-state index in [0.717, 1.165) is 11.8 Å². The van der Waals surface area contributed by atoms with E-state index in [9.17, 15) is 9.59 Å². The van der Waals surface area contributed by atoms with Crippen molar-refractivity contribution in [3.05, 3.63) is 35.9 Å². The lowest BCUT2D eigenvalue weighted by Crippen LogP contribution is -2.42. The Balaban J connectivity index is 2.55. The van der Waals surface area contributed by atoms with Crippen LogP contribution in [0.4, 0.5) is 0 Å². The Labute approximate surface area is 195 Å². The summed E-state index contributed by atoms with van der Waals surface area (Å²) in [6.07, 6.45) is 2.17. The summed E-state index contributed by atoms with van der Waals surface area (Å²) in [5.41, 5.74) is 0.250. The predicted molar refractivity (Wildman–Crippen MR) is 121 cm³/mol. The normalized spacial score (nSPS) is 11.5. The van der Waals surface area contributed by atoms with E-state index in [4.69, 9.17) is 33.9 Å². The third kappa shape index (κ3) is 14.8. The van der Waals surface area contributed by atoms with Gasteiger partial charge >= 0.3 is 5.97 Å². The van der Waals surface area contributed by atoms with Crippen LogP contribution in [0.1, 0.15) is 31.2 Å². The van der Waals surface area contributed by atoms with Crippen molar-refractivity contribution in [3.8, 4) is 0 Å². The van der Waals surface area contributed by atoms with Gasteiger partial charge in [0.2, 0.25) is 0 Å². The highest BCUT2D eigenvalue weighted by Gasteiger charge is 2.32. The number of hydrogen-bond donors (Lipinski definition) is 2. The first-order valence-electron chi connectivity index (χ1n) is 11.3. The largest absolute Gasteiger partial charge is 0.461 e. The lowest BCUT2D eigenvalue weighted by Gasteiger charge is -2.33. The first-order chi connectivity index (χ1) is 16.2. The van der Waals surface area contributed by atoms with Crippen LogP contribution in [-0.2, 0) is 39.9 Å². The van der Waals surface area contributed by atoms with Crippen molar-refractivity contribution in [2.75, 3.05) is 66.1 Å². The van der Waals surface area contributed by atoms with Crippen LogP contribution >= 0.6 is 0 Å². The molecular formula is C24H38O9. The number of rotatable bonds is 22. The van der Waals surface area contributed by atoms with Gasteiger partial charge in [-0.05, 0) is 18.4 Å². The molecule has 0 heterocycles. The van der Waals surface area contributed by atoms with Crippen LogP contribution in [0.5, 0.6) is 0 Å². The topological polar surface area (TPSA) is 121 Å². The first kappa shape index (κ1) is 29.2. The molecule has 1 rings (SSSR count). The number of ether oxygens (including phenoxy) is 5. The van der Waals surface area contributed by atoms with E-state index in [1.54, 1.807) is 0 Å². The summed E-state index contributed by atoms with van der Waals surface area (Å²) >= 11 is 0. The molecule has 0 saturated heterocycles. The highest BCUT2D eigenvalue weighted by molar-refractivity contribution is 5.69. The zero-order valence-electron chi connectivity index (χ0n) is 19.3. The molecule has 0 radical (unpaired) electrons. The van der Waals surface area contributed by atoms with E-state index in [0.29, 0.717) is 26.1 Å². The van der Waals surface area contributed by atoms with E-state index in [1.807, 2.05) is 30.3 Å². The molecule has 0 aromatic heterocycles. The zero-order valence-corrected chi connectivity index (χ0v) is 19.3. The molecule has 1 aromatic carbocycles. The zero-order chi connectivity index (χ0) is 24.0. The second-order valence-corrected chi connectivity index (χ2v) is 7.72. The number of aliphatic hydroxyl groups is 2. The summed E-state index contributed by atoms with van der Waals surface area (Å²) in [6.45, 7) is 2.39. The number of esters is 1. The fourth-order valence-corrected chi connectivity index (χ4v) is 2.84. The summed E-state index contributed by atoms with van der Waals surface area (Å²) in [4.78, 5) is 22.6. The van der Waals surface area contributed by atoms with Crippen LogP contribution in [0.3, 0.4) is 0 Å². The van der Waals surface area contributed by atoms with Crippen molar-refractivity contribution in [1.82, 2.24) is 0 Å². The Morgan fingerprint density at radius 2 is 1.36 bits per heavy atom. The molecule has 0 aliphatic rings. The maximum atomic E-state index is 12.0. The average molecular weight is 471 g/mol. The maximum absolute atomic E-state index is 12.0. The summed E-state index contributed by atoms with van der Waals surface area (Å²) in [6, 6.07) is 9.43. The van der Waals surface area contributed by atoms with Gasteiger partial charge in [0.05, 0.1) is 51.5 Å². The summed E-state index contributed by atoms with van der Waals surface area (Å²) < 4.78 is 28.1. The minimum absolute atomic E-state index is 0.0252. The first-order valence-corrected chi connectivity index (χ1v) is 11.3. The molecule has 1 aromatic rings. The molecule has 0 spiro atoms. The van der Waals surface area contributed by atoms with Gasteiger partial charge in [-0.2, -0.15) is 0 Å². The Kier molecular flexibility index (Phi) is 17.3. The van der Waals surface area contributed by atoms with Crippen molar-refractivity contribution < 1.29 is 43.5 Å². The average Bonchev–Trinajstić information content (AvgIpc) is 2.84. The Morgan fingerprint density at radius 1 is 0.818 bits per heavy atom. The molecule has 0 atom stereocenters. The molecule has 0 aliphatic carbocycles. The number of aldehydes is 1. The van der Waals surface area contributed by atoms with Gasteiger partial charge in [-0.15, -0.1) is 0 Å². The SMILES string of the molecule is O=CCCOCC(COCCCO)(COCCCO)COCCC(=O)OCc1ccccc1. The van der Waals surface area contributed by atoms with Crippen LogP contribution in [0, 0.1) is 5.41 Å². The predicted octanol–water partition coefficient (Wildman–Crippen LogP) is 1.53. The van der Waals surface area contributed by atoms with Crippen molar-refractivity contribution >= 4 is 12.3 Å². The van der Waals surface area contributed by atoms with Crippen LogP contribution < -0.4 is 0 Å². The van der Waals surface area contributed by atoms with E-state index >= 15 is 0 Å². The van der Waals surface area contributed by atoms with Gasteiger partial charge in [-0.1, -0.05) is 30.3 Å². The third-order valence-corrected chi connectivity index (χ3v) is 4.60. The van der Waals surface area contributed by atoms with Crippen molar-refractivity contribution in [3.63, 3.8) is 0 Å². The molecule has 188 valence electrons. The fraction of sp³-hybridized carbons (Fsp3) is 0.667. The third-order valence-electron chi connectivity index (χ3n) is 4.60. The van der Waals surface area contributed by atoms with Gasteiger partial charge in [-0.3, -0.25) is 4.79 Å². The van der Waals surface area contributed by atoms with E-state index in [1.165, 1.54) is 0 Å². The molecule has 0 fully saturated rings. The van der Waals surface area contributed by atoms with E-state index in [-0.39, 0.29) is 78.3 Å². The number of benzene rings is 1. The highest BCUT2D eigenvalue weighted by Crippen LogP contribution is 2.21. The Morgan fingerprint density at radius 3 is 1.91 bits per heavy atom. The number of aliphatic hydroxyl groups excluding tert-OH is 2. The molecule has 0 unspecified atom stereocenters. The molecule has 0 amide bonds. The molecule has 33 heavy (non-hydrogen) atoms. The van der Waals surface area contributed by atoms with Gasteiger partial charge < -0.3 is 38.7 Å². The molecular weight excluding hydrogens is 432 g/mol. The van der Waals surface area contributed by atoms with Gasteiger partial charge in [0.1, 0.15) is 12.9 Å². The Bertz CT molecular complexity index is 597. The fourth-order valence-electron chi connectivity index (χ4n) is 2.84. The van der Waals surface area contributed by atoms with Gasteiger partial charge in [-0.25, -0.2) is 0 Å². The van der Waals surface area contributed by atoms with Crippen molar-refractivity contribution in [2.24, 2.45) is 5.41 Å². The quantitative estimate of drug-likeness (QED) is 0.148. The number of carbonyl (C=O) groups excluding carboxylic acids is 2. The minimum atomic E-state index is -0.665. The van der Waals surface area contributed by atoms with Crippen molar-refractivity contribution in [1.29, 1.82) is 0 Å². The highest BCUT2D eigenvalue weighted by atomic mass is 16.5. The minimum Gasteiger partial charge on any atom is -0.461 e. The number of carbonyl (C=O) groups is 2. The second kappa shape index (κ2) is 19.6.